The highest BCUT2D eigenvalue weighted by Crippen LogP contribution is 2.27. The summed E-state index contributed by atoms with van der Waals surface area (Å²) in [6.07, 6.45) is 1.30. The first kappa shape index (κ1) is 26.8. The van der Waals surface area contributed by atoms with Gasteiger partial charge in [0.05, 0.1) is 16.0 Å². The predicted octanol–water partition coefficient (Wildman–Crippen LogP) is 3.54. The summed E-state index contributed by atoms with van der Waals surface area (Å²) in [7, 11) is -3.85. The second kappa shape index (κ2) is 11.5. The minimum absolute atomic E-state index is 0.169. The number of nitrogen functional groups attached to an aromatic ring is 1. The number of benzene rings is 3. The summed E-state index contributed by atoms with van der Waals surface area (Å²) >= 11 is 1.33. The van der Waals surface area contributed by atoms with Crippen molar-refractivity contribution in [3.05, 3.63) is 90.0 Å². The number of nitrogens with zero attached hydrogens (tertiary/aromatic N) is 2. The first-order chi connectivity index (χ1) is 18.8. The Labute approximate surface area is 231 Å². The van der Waals surface area contributed by atoms with Gasteiger partial charge in [-0.3, -0.25) is 9.59 Å². The second-order valence-electron chi connectivity index (χ2n) is 9.52. The molecule has 2 atom stereocenters. The molecule has 39 heavy (non-hydrogen) atoms. The van der Waals surface area contributed by atoms with Crippen molar-refractivity contribution in [2.75, 3.05) is 17.6 Å². The molecule has 1 aliphatic rings. The van der Waals surface area contributed by atoms with E-state index >= 15 is 0 Å². The summed E-state index contributed by atoms with van der Waals surface area (Å²) in [6.45, 7) is 0.368. The SMILES string of the molecule is Nc1nc2ccc(NC(=O)[C@@H]3CCCN3C(=O)[C@@H](Cc3ccccc3)NS(=O)(=O)Cc3ccccc3)cc2s1. The lowest BCUT2D eigenvalue weighted by Gasteiger charge is -2.29. The van der Waals surface area contributed by atoms with E-state index in [0.29, 0.717) is 35.8 Å². The number of carbonyl (C=O) groups is 2. The van der Waals surface area contributed by atoms with E-state index in [9.17, 15) is 18.0 Å². The van der Waals surface area contributed by atoms with E-state index in [2.05, 4.69) is 15.0 Å². The van der Waals surface area contributed by atoms with Crippen LogP contribution in [0.2, 0.25) is 0 Å². The normalized spacial score (nSPS) is 16.3. The Morgan fingerprint density at radius 2 is 1.72 bits per heavy atom. The largest absolute Gasteiger partial charge is 0.375 e. The van der Waals surface area contributed by atoms with Gasteiger partial charge in [0.2, 0.25) is 21.8 Å². The van der Waals surface area contributed by atoms with E-state index in [4.69, 9.17) is 5.73 Å². The van der Waals surface area contributed by atoms with Crippen LogP contribution in [-0.4, -0.2) is 48.7 Å². The molecule has 9 nitrogen and oxygen atoms in total. The number of likely N-dealkylation sites (tertiary alicyclic amines) is 1. The van der Waals surface area contributed by atoms with E-state index in [0.717, 1.165) is 15.8 Å². The molecule has 2 heterocycles. The zero-order valence-electron chi connectivity index (χ0n) is 21.1. The molecular formula is C28H29N5O4S2. The van der Waals surface area contributed by atoms with Gasteiger partial charge in [-0.2, -0.15) is 0 Å². The van der Waals surface area contributed by atoms with Gasteiger partial charge in [0.15, 0.2) is 5.13 Å². The molecule has 5 rings (SSSR count). The molecule has 4 N–H and O–H groups in total. The van der Waals surface area contributed by atoms with Gasteiger partial charge in [-0.05, 0) is 48.6 Å². The van der Waals surface area contributed by atoms with E-state index in [1.165, 1.54) is 16.2 Å². The number of nitrogens with two attached hydrogens (primary N) is 1. The molecule has 0 unspecified atom stereocenters. The molecule has 202 valence electrons. The molecule has 0 radical (unpaired) electrons. The van der Waals surface area contributed by atoms with Crippen LogP contribution in [0.1, 0.15) is 24.0 Å². The third kappa shape index (κ3) is 6.62. The van der Waals surface area contributed by atoms with Crippen molar-refractivity contribution in [3.8, 4) is 0 Å². The summed E-state index contributed by atoms with van der Waals surface area (Å²) in [4.78, 5) is 32.8. The topological polar surface area (TPSA) is 134 Å². The van der Waals surface area contributed by atoms with Crippen LogP contribution in [0.3, 0.4) is 0 Å². The quantitative estimate of drug-likeness (QED) is 0.285. The molecule has 1 saturated heterocycles. The number of sulfonamides is 1. The maximum Gasteiger partial charge on any atom is 0.247 e. The summed E-state index contributed by atoms with van der Waals surface area (Å²) < 4.78 is 29.7. The van der Waals surface area contributed by atoms with Gasteiger partial charge in [-0.1, -0.05) is 72.0 Å². The lowest BCUT2D eigenvalue weighted by atomic mass is 10.1. The van der Waals surface area contributed by atoms with Crippen LogP contribution in [0.25, 0.3) is 10.2 Å². The molecule has 0 aliphatic carbocycles. The van der Waals surface area contributed by atoms with E-state index in [1.54, 1.807) is 42.5 Å². The average Bonchev–Trinajstić information content (AvgIpc) is 3.54. The van der Waals surface area contributed by atoms with Crippen LogP contribution in [0, 0.1) is 0 Å². The number of hydrogen-bond donors (Lipinski definition) is 3. The van der Waals surface area contributed by atoms with E-state index < -0.39 is 28.0 Å². The van der Waals surface area contributed by atoms with Crippen LogP contribution in [0.4, 0.5) is 10.8 Å². The molecule has 0 spiro atoms. The number of thiazole rings is 1. The van der Waals surface area contributed by atoms with Gasteiger partial charge in [0.1, 0.15) is 12.1 Å². The molecule has 11 heteroatoms. The maximum absolute atomic E-state index is 13.8. The Bertz CT molecular complexity index is 1580. The maximum atomic E-state index is 13.8. The van der Waals surface area contributed by atoms with Gasteiger partial charge in [-0.25, -0.2) is 18.1 Å². The molecule has 3 aromatic carbocycles. The number of rotatable bonds is 9. The number of fused-ring (bicyclic) bond motifs is 1. The Kier molecular flexibility index (Phi) is 7.92. The summed E-state index contributed by atoms with van der Waals surface area (Å²) in [6, 6.07) is 21.6. The van der Waals surface area contributed by atoms with Crippen molar-refractivity contribution in [3.63, 3.8) is 0 Å². The minimum atomic E-state index is -3.85. The Hall–Kier alpha value is -3.80. The number of aromatic nitrogens is 1. The third-order valence-corrected chi connectivity index (χ3v) is 8.82. The summed E-state index contributed by atoms with van der Waals surface area (Å²) in [5.41, 5.74) is 8.56. The lowest BCUT2D eigenvalue weighted by molar-refractivity contribution is -0.138. The lowest BCUT2D eigenvalue weighted by Crippen LogP contribution is -2.53. The number of carbonyl (C=O) groups excluding carboxylic acids is 2. The van der Waals surface area contributed by atoms with E-state index in [-0.39, 0.29) is 18.1 Å². The predicted molar refractivity (Wildman–Crippen MR) is 154 cm³/mol. The zero-order chi connectivity index (χ0) is 27.4. The molecule has 1 aromatic heterocycles. The Morgan fingerprint density at radius 1 is 1.03 bits per heavy atom. The van der Waals surface area contributed by atoms with Gasteiger partial charge >= 0.3 is 0 Å². The van der Waals surface area contributed by atoms with Crippen LogP contribution < -0.4 is 15.8 Å². The zero-order valence-corrected chi connectivity index (χ0v) is 22.8. The van der Waals surface area contributed by atoms with E-state index in [1.807, 2.05) is 36.4 Å². The fraction of sp³-hybridized carbons (Fsp3) is 0.250. The molecule has 0 saturated carbocycles. The molecule has 0 bridgehead atoms. The van der Waals surface area contributed by atoms with Crippen molar-refractivity contribution >= 4 is 54.2 Å². The van der Waals surface area contributed by atoms with Crippen LogP contribution >= 0.6 is 11.3 Å². The average molecular weight is 564 g/mol. The van der Waals surface area contributed by atoms with Crippen molar-refractivity contribution < 1.29 is 18.0 Å². The third-order valence-electron chi connectivity index (χ3n) is 6.61. The van der Waals surface area contributed by atoms with Gasteiger partial charge in [-0.15, -0.1) is 0 Å². The minimum Gasteiger partial charge on any atom is -0.375 e. The monoisotopic (exact) mass is 563 g/mol. The van der Waals surface area contributed by atoms with Gasteiger partial charge in [0, 0.05) is 12.2 Å². The number of anilines is 2. The van der Waals surface area contributed by atoms with Crippen molar-refractivity contribution in [1.29, 1.82) is 0 Å². The van der Waals surface area contributed by atoms with Crippen LogP contribution in [0.5, 0.6) is 0 Å². The Balaban J connectivity index is 1.34. The molecule has 2 amide bonds. The van der Waals surface area contributed by atoms with Crippen molar-refractivity contribution in [2.24, 2.45) is 0 Å². The molecule has 4 aromatic rings. The standard InChI is InChI=1S/C28H29N5O4S2/c29-28-31-22-14-13-21(17-25(22)38-28)30-26(34)24-12-7-15-33(24)27(35)23(16-19-8-3-1-4-9-19)32-39(36,37)18-20-10-5-2-6-11-20/h1-6,8-11,13-14,17,23-24,32H,7,12,15-16,18H2,(H2,29,31)(H,30,34)/t23-,24+/m1/s1. The molecule has 1 fully saturated rings. The highest BCUT2D eigenvalue weighted by molar-refractivity contribution is 7.88. The molecule has 1 aliphatic heterocycles. The van der Waals surface area contributed by atoms with Crippen LogP contribution in [-0.2, 0) is 31.8 Å². The number of hydrogen-bond acceptors (Lipinski definition) is 7. The summed E-state index contributed by atoms with van der Waals surface area (Å²) in [5.74, 6) is -0.983. The first-order valence-corrected chi connectivity index (χ1v) is 15.1. The highest BCUT2D eigenvalue weighted by atomic mass is 32.2. The van der Waals surface area contributed by atoms with Gasteiger partial charge < -0.3 is 16.0 Å². The molecular weight excluding hydrogens is 534 g/mol. The second-order valence-corrected chi connectivity index (χ2v) is 12.3. The smallest absolute Gasteiger partial charge is 0.247 e. The number of nitrogens with one attached hydrogen (secondary N) is 2. The van der Waals surface area contributed by atoms with Crippen LogP contribution in [0.15, 0.2) is 78.9 Å². The highest BCUT2D eigenvalue weighted by Gasteiger charge is 2.38. The van der Waals surface area contributed by atoms with Crippen molar-refractivity contribution in [2.45, 2.75) is 37.1 Å². The number of amides is 2. The first-order valence-electron chi connectivity index (χ1n) is 12.6. The van der Waals surface area contributed by atoms with Gasteiger partial charge in [0.25, 0.3) is 0 Å². The van der Waals surface area contributed by atoms with Crippen molar-refractivity contribution in [1.82, 2.24) is 14.6 Å². The fourth-order valence-electron chi connectivity index (χ4n) is 4.83. The fourth-order valence-corrected chi connectivity index (χ4v) is 6.94. The Morgan fingerprint density at radius 3 is 2.44 bits per heavy atom. The summed E-state index contributed by atoms with van der Waals surface area (Å²) in [5, 5.41) is 3.35.